The van der Waals surface area contributed by atoms with Crippen LogP contribution in [-0.4, -0.2) is 30.0 Å². The number of sulfonamides is 1. The minimum atomic E-state index is -3.89. The Bertz CT molecular complexity index is 1410. The molecule has 0 saturated carbocycles. The quantitative estimate of drug-likeness (QED) is 0.536. The fourth-order valence-electron chi connectivity index (χ4n) is 4.06. The van der Waals surface area contributed by atoms with Crippen LogP contribution in [0.25, 0.3) is 11.1 Å². The van der Waals surface area contributed by atoms with E-state index in [0.29, 0.717) is 40.3 Å². The predicted molar refractivity (Wildman–Crippen MR) is 132 cm³/mol. The Morgan fingerprint density at radius 2 is 1.74 bits per heavy atom. The van der Waals surface area contributed by atoms with Crippen molar-refractivity contribution in [2.45, 2.75) is 58.3 Å². The molecule has 0 spiro atoms. The first kappa shape index (κ1) is 23.7. The summed E-state index contributed by atoms with van der Waals surface area (Å²) in [5.74, 6) is -0.244. The van der Waals surface area contributed by atoms with Crippen molar-refractivity contribution in [2.75, 3.05) is 10.0 Å². The van der Waals surface area contributed by atoms with Crippen LogP contribution in [0.3, 0.4) is 0 Å². The number of aryl methyl sites for hydroxylation is 4. The molecule has 178 valence electrons. The molecule has 0 fully saturated rings. The van der Waals surface area contributed by atoms with Crippen molar-refractivity contribution in [2.24, 2.45) is 0 Å². The van der Waals surface area contributed by atoms with E-state index < -0.39 is 10.0 Å². The minimum absolute atomic E-state index is 0.0684. The van der Waals surface area contributed by atoms with E-state index in [1.807, 2.05) is 26.8 Å². The third-order valence-corrected chi connectivity index (χ3v) is 7.55. The van der Waals surface area contributed by atoms with Gasteiger partial charge in [0.15, 0.2) is 0 Å². The van der Waals surface area contributed by atoms with Crippen molar-refractivity contribution in [3.05, 3.63) is 58.8 Å². The molecule has 3 aromatic rings. The molecule has 1 aliphatic rings. The van der Waals surface area contributed by atoms with Crippen molar-refractivity contribution >= 4 is 33.3 Å². The number of amides is 1. The van der Waals surface area contributed by atoms with Gasteiger partial charge in [0.25, 0.3) is 10.0 Å². The van der Waals surface area contributed by atoms with Crippen LogP contribution in [0.2, 0.25) is 0 Å². The van der Waals surface area contributed by atoms with Crippen LogP contribution in [0.1, 0.15) is 53.4 Å². The maximum Gasteiger partial charge on any atom is 0.262 e. The molecule has 0 aliphatic carbocycles. The highest BCUT2D eigenvalue weighted by molar-refractivity contribution is 7.92. The van der Waals surface area contributed by atoms with E-state index in [2.05, 4.69) is 15.1 Å². The molecule has 1 aromatic heterocycles. The normalized spacial score (nSPS) is 13.9. The molecule has 4 rings (SSSR count). The maximum atomic E-state index is 13.3. The molecule has 2 N–H and O–H groups in total. The summed E-state index contributed by atoms with van der Waals surface area (Å²) in [6.07, 6.45) is 1.50. The highest BCUT2D eigenvalue weighted by Crippen LogP contribution is 2.36. The zero-order valence-electron chi connectivity index (χ0n) is 19.7. The number of hydrogen-bond acceptors (Lipinski definition) is 5. The lowest BCUT2D eigenvalue weighted by Gasteiger charge is -2.14. The van der Waals surface area contributed by atoms with Crippen LogP contribution >= 0.6 is 0 Å². The zero-order valence-corrected chi connectivity index (χ0v) is 20.5. The summed E-state index contributed by atoms with van der Waals surface area (Å²) in [4.78, 5) is 25.0. The number of nitrogens with one attached hydrogen (secondary N) is 2. The molecule has 2 aromatic carbocycles. The number of carbonyl (C=O) groups is 2. The molecule has 0 atom stereocenters. The summed E-state index contributed by atoms with van der Waals surface area (Å²) in [6.45, 7) is 7.62. The Kier molecular flexibility index (Phi) is 6.31. The Hall–Kier alpha value is -3.46. The largest absolute Gasteiger partial charge is 0.310 e. The molecule has 0 unspecified atom stereocenters. The van der Waals surface area contributed by atoms with Crippen molar-refractivity contribution in [3.8, 4) is 11.1 Å². The van der Waals surface area contributed by atoms with Gasteiger partial charge >= 0.3 is 0 Å². The summed E-state index contributed by atoms with van der Waals surface area (Å²) in [7, 11) is -3.89. The summed E-state index contributed by atoms with van der Waals surface area (Å²) in [5, 5.41) is 7.28. The molecule has 2 heterocycles. The van der Waals surface area contributed by atoms with Crippen LogP contribution < -0.4 is 10.0 Å². The highest BCUT2D eigenvalue weighted by Gasteiger charge is 2.28. The average Bonchev–Trinajstić information content (AvgIpc) is 3.06. The van der Waals surface area contributed by atoms with Gasteiger partial charge in [0.2, 0.25) is 11.8 Å². The van der Waals surface area contributed by atoms with Gasteiger partial charge in [-0.25, -0.2) is 8.42 Å². The van der Waals surface area contributed by atoms with Crippen molar-refractivity contribution in [1.82, 2.24) is 9.78 Å². The molecule has 34 heavy (non-hydrogen) atoms. The lowest BCUT2D eigenvalue weighted by Crippen LogP contribution is -2.15. The van der Waals surface area contributed by atoms with E-state index in [9.17, 15) is 18.0 Å². The smallest absolute Gasteiger partial charge is 0.262 e. The molecule has 1 aliphatic heterocycles. The SMILES string of the molecule is CCCc1nn2c(c1-c1ccc(C)c(S(=O)(=O)Nc3ccc(C)c(C)c3)c1)NC(=O)CCC2=O. The maximum absolute atomic E-state index is 13.3. The van der Waals surface area contributed by atoms with E-state index in [0.717, 1.165) is 17.5 Å². The second-order valence-electron chi connectivity index (χ2n) is 8.66. The van der Waals surface area contributed by atoms with Crippen LogP contribution in [0, 0.1) is 20.8 Å². The predicted octanol–water partition coefficient (Wildman–Crippen LogP) is 4.60. The molecule has 8 nitrogen and oxygen atoms in total. The summed E-state index contributed by atoms with van der Waals surface area (Å²) in [5.41, 5.74) is 4.91. The molecule has 0 bridgehead atoms. The first-order valence-electron chi connectivity index (χ1n) is 11.3. The first-order chi connectivity index (χ1) is 16.1. The highest BCUT2D eigenvalue weighted by atomic mass is 32.2. The van der Waals surface area contributed by atoms with Crippen LogP contribution in [0.5, 0.6) is 0 Å². The second-order valence-corrected chi connectivity index (χ2v) is 10.3. The number of nitrogens with zero attached hydrogens (tertiary/aromatic N) is 2. The molecule has 1 amide bonds. The number of benzene rings is 2. The third kappa shape index (κ3) is 4.48. The van der Waals surface area contributed by atoms with Gasteiger partial charge in [-0.15, -0.1) is 0 Å². The lowest BCUT2D eigenvalue weighted by molar-refractivity contribution is -0.116. The van der Waals surface area contributed by atoms with E-state index in [1.165, 1.54) is 4.68 Å². The monoisotopic (exact) mass is 480 g/mol. The summed E-state index contributed by atoms with van der Waals surface area (Å²) in [6, 6.07) is 10.5. The van der Waals surface area contributed by atoms with Gasteiger partial charge in [-0.1, -0.05) is 31.5 Å². The van der Waals surface area contributed by atoms with Gasteiger partial charge in [-0.2, -0.15) is 9.78 Å². The van der Waals surface area contributed by atoms with Gasteiger partial charge in [0, 0.05) is 24.1 Å². The number of hydrogen-bond donors (Lipinski definition) is 2. The van der Waals surface area contributed by atoms with Crippen molar-refractivity contribution < 1.29 is 18.0 Å². The number of anilines is 2. The standard InChI is InChI=1S/C25H28N4O4S/c1-5-6-20-24(25-26-22(30)11-12-23(31)29(25)27-20)18-9-7-16(3)21(14-18)34(32,33)28-19-10-8-15(2)17(4)13-19/h7-10,13-14,28H,5-6,11-12H2,1-4H3,(H,26,30). The lowest BCUT2D eigenvalue weighted by atomic mass is 10.0. The minimum Gasteiger partial charge on any atom is -0.310 e. The molecular weight excluding hydrogens is 452 g/mol. The van der Waals surface area contributed by atoms with E-state index in [4.69, 9.17) is 0 Å². The van der Waals surface area contributed by atoms with Gasteiger partial charge < -0.3 is 5.32 Å². The molecule has 9 heteroatoms. The fourth-order valence-corrected chi connectivity index (χ4v) is 5.38. The Morgan fingerprint density at radius 3 is 2.44 bits per heavy atom. The molecular formula is C25H28N4O4S. The van der Waals surface area contributed by atoms with Gasteiger partial charge in [-0.3, -0.25) is 14.3 Å². The average molecular weight is 481 g/mol. The van der Waals surface area contributed by atoms with Crippen LogP contribution in [-0.2, 0) is 21.2 Å². The number of aromatic nitrogens is 2. The van der Waals surface area contributed by atoms with E-state index >= 15 is 0 Å². The molecule has 0 radical (unpaired) electrons. The first-order valence-corrected chi connectivity index (χ1v) is 12.7. The third-order valence-electron chi connectivity index (χ3n) is 6.03. The number of fused-ring (bicyclic) bond motifs is 1. The Labute approximate surface area is 199 Å². The van der Waals surface area contributed by atoms with Gasteiger partial charge in [-0.05, 0) is 67.6 Å². The van der Waals surface area contributed by atoms with Gasteiger partial charge in [0.1, 0.15) is 5.82 Å². The number of rotatable bonds is 6. The second kappa shape index (κ2) is 9.06. The Balaban J connectivity index is 1.83. The van der Waals surface area contributed by atoms with Crippen LogP contribution in [0.15, 0.2) is 41.3 Å². The van der Waals surface area contributed by atoms with Gasteiger partial charge in [0.05, 0.1) is 10.6 Å². The van der Waals surface area contributed by atoms with Crippen molar-refractivity contribution in [1.29, 1.82) is 0 Å². The Morgan fingerprint density at radius 1 is 1.00 bits per heavy atom. The number of carbonyl (C=O) groups excluding carboxylic acids is 2. The summed E-state index contributed by atoms with van der Waals surface area (Å²) >= 11 is 0. The van der Waals surface area contributed by atoms with Crippen molar-refractivity contribution in [3.63, 3.8) is 0 Å². The fraction of sp³-hybridized carbons (Fsp3) is 0.320. The summed E-state index contributed by atoms with van der Waals surface area (Å²) < 4.78 is 30.6. The molecule has 0 saturated heterocycles. The van der Waals surface area contributed by atoms with E-state index in [1.54, 1.807) is 37.3 Å². The van der Waals surface area contributed by atoms with Crippen LogP contribution in [0.4, 0.5) is 11.5 Å². The zero-order chi connectivity index (χ0) is 24.6. The van der Waals surface area contributed by atoms with E-state index in [-0.39, 0.29) is 29.6 Å². The topological polar surface area (TPSA) is 110 Å².